The number of hydrogen-bond acceptors (Lipinski definition) is 7. The van der Waals surface area contributed by atoms with Crippen LogP contribution in [0.5, 0.6) is 11.5 Å². The van der Waals surface area contributed by atoms with E-state index in [9.17, 15) is 8.42 Å². The highest BCUT2D eigenvalue weighted by molar-refractivity contribution is 7.87. The fourth-order valence-corrected chi connectivity index (χ4v) is 6.03. The maximum Gasteiger partial charge on any atom is 0.279 e. The van der Waals surface area contributed by atoms with Gasteiger partial charge >= 0.3 is 0 Å². The van der Waals surface area contributed by atoms with Crippen LogP contribution in [0.3, 0.4) is 0 Å². The lowest BCUT2D eigenvalue weighted by Crippen LogP contribution is -2.52. The normalized spacial score (nSPS) is 22.5. The van der Waals surface area contributed by atoms with Crippen LogP contribution in [0, 0.1) is 5.92 Å². The fourth-order valence-electron chi connectivity index (χ4n) is 4.57. The summed E-state index contributed by atoms with van der Waals surface area (Å²) in [7, 11) is -0.0940. The van der Waals surface area contributed by atoms with Crippen LogP contribution in [0.4, 0.5) is 5.82 Å². The van der Waals surface area contributed by atoms with E-state index in [0.717, 1.165) is 55.5 Å². The van der Waals surface area contributed by atoms with Crippen molar-refractivity contribution in [1.82, 2.24) is 19.0 Å². The van der Waals surface area contributed by atoms with E-state index < -0.39 is 10.2 Å². The number of benzene rings is 1. The van der Waals surface area contributed by atoms with Gasteiger partial charge in [-0.3, -0.25) is 0 Å². The zero-order valence-corrected chi connectivity index (χ0v) is 19.2. The number of methoxy groups -OCH3 is 2. The molecule has 2 aliphatic heterocycles. The molecule has 1 atom stereocenters. The van der Waals surface area contributed by atoms with Gasteiger partial charge in [0.05, 0.1) is 19.7 Å². The van der Waals surface area contributed by atoms with Crippen LogP contribution in [0.15, 0.2) is 18.5 Å². The van der Waals surface area contributed by atoms with E-state index in [1.54, 1.807) is 24.9 Å². The van der Waals surface area contributed by atoms with Gasteiger partial charge in [0.2, 0.25) is 0 Å². The van der Waals surface area contributed by atoms with E-state index in [-0.39, 0.29) is 6.04 Å². The van der Waals surface area contributed by atoms with Crippen LogP contribution in [0.2, 0.25) is 0 Å². The average molecular weight is 450 g/mol. The fraction of sp³-hybridized carbons (Fsp3) is 0.619. The third-order valence-electron chi connectivity index (χ3n) is 6.44. The van der Waals surface area contributed by atoms with Crippen LogP contribution in [0.25, 0.3) is 10.9 Å². The number of nitrogens with zero attached hydrogens (tertiary/aromatic N) is 4. The molecule has 1 N–H and O–H groups in total. The van der Waals surface area contributed by atoms with Crippen LogP contribution in [0.1, 0.15) is 32.6 Å². The third-order valence-corrected chi connectivity index (χ3v) is 8.17. The van der Waals surface area contributed by atoms with Crippen LogP contribution >= 0.6 is 0 Å². The monoisotopic (exact) mass is 449 g/mol. The minimum Gasteiger partial charge on any atom is -0.493 e. The van der Waals surface area contributed by atoms with Crippen molar-refractivity contribution in [2.45, 2.75) is 38.6 Å². The number of rotatable bonds is 6. The highest BCUT2D eigenvalue weighted by Crippen LogP contribution is 2.36. The minimum absolute atomic E-state index is 0.0608. The Balaban J connectivity index is 1.42. The zero-order chi connectivity index (χ0) is 22.0. The molecule has 0 radical (unpaired) electrons. The van der Waals surface area contributed by atoms with E-state index in [0.29, 0.717) is 30.5 Å². The summed E-state index contributed by atoms with van der Waals surface area (Å²) in [6.45, 7) is 4.86. The first kappa shape index (κ1) is 22.0. The van der Waals surface area contributed by atoms with Gasteiger partial charge in [-0.2, -0.15) is 12.7 Å². The molecule has 1 aromatic heterocycles. The van der Waals surface area contributed by atoms with Crippen molar-refractivity contribution in [3.05, 3.63) is 18.5 Å². The molecule has 1 aromatic carbocycles. The van der Waals surface area contributed by atoms with Gasteiger partial charge in [0.1, 0.15) is 12.1 Å². The molecule has 4 rings (SSSR count). The van der Waals surface area contributed by atoms with Crippen molar-refractivity contribution in [3.63, 3.8) is 0 Å². The summed E-state index contributed by atoms with van der Waals surface area (Å²) in [5.74, 6) is 2.71. The van der Waals surface area contributed by atoms with E-state index in [2.05, 4.69) is 19.6 Å². The smallest absolute Gasteiger partial charge is 0.279 e. The molecule has 3 heterocycles. The molecule has 10 heteroatoms. The number of fused-ring (bicyclic) bond motifs is 1. The Kier molecular flexibility index (Phi) is 6.49. The summed E-state index contributed by atoms with van der Waals surface area (Å²) in [4.78, 5) is 11.2. The van der Waals surface area contributed by atoms with Gasteiger partial charge in [-0.15, -0.1) is 0 Å². The molecule has 0 aliphatic carbocycles. The second-order valence-corrected chi connectivity index (χ2v) is 10.00. The van der Waals surface area contributed by atoms with Crippen molar-refractivity contribution in [2.75, 3.05) is 45.3 Å². The van der Waals surface area contributed by atoms with Crippen LogP contribution < -0.4 is 19.1 Å². The largest absolute Gasteiger partial charge is 0.493 e. The second kappa shape index (κ2) is 9.13. The Bertz CT molecular complexity index is 1020. The van der Waals surface area contributed by atoms with Gasteiger partial charge in [-0.25, -0.2) is 14.7 Å². The Morgan fingerprint density at radius 3 is 2.48 bits per heavy atom. The first-order valence-corrected chi connectivity index (χ1v) is 12.2. The van der Waals surface area contributed by atoms with Crippen molar-refractivity contribution in [1.29, 1.82) is 0 Å². The zero-order valence-electron chi connectivity index (χ0n) is 18.4. The summed E-state index contributed by atoms with van der Waals surface area (Å²) in [6, 6.07) is 3.87. The predicted octanol–water partition coefficient (Wildman–Crippen LogP) is 2.18. The first-order valence-electron chi connectivity index (χ1n) is 10.8. The van der Waals surface area contributed by atoms with E-state index in [1.807, 2.05) is 19.1 Å². The molecular weight excluding hydrogens is 418 g/mol. The van der Waals surface area contributed by atoms with E-state index >= 15 is 0 Å². The van der Waals surface area contributed by atoms with Crippen molar-refractivity contribution in [2.24, 2.45) is 5.92 Å². The van der Waals surface area contributed by atoms with E-state index in [4.69, 9.17) is 9.47 Å². The van der Waals surface area contributed by atoms with Gasteiger partial charge in [0, 0.05) is 43.7 Å². The summed E-state index contributed by atoms with van der Waals surface area (Å²) in [5.41, 5.74) is 0.821. The highest BCUT2D eigenvalue weighted by Gasteiger charge is 2.32. The van der Waals surface area contributed by atoms with Crippen molar-refractivity contribution >= 4 is 26.9 Å². The number of piperidine rings is 1. The highest BCUT2D eigenvalue weighted by atomic mass is 32.2. The lowest BCUT2D eigenvalue weighted by Gasteiger charge is -2.36. The predicted molar refractivity (Wildman–Crippen MR) is 120 cm³/mol. The molecule has 0 spiro atoms. The maximum atomic E-state index is 12.3. The minimum atomic E-state index is -3.33. The molecule has 0 bridgehead atoms. The van der Waals surface area contributed by atoms with Gasteiger partial charge in [0.15, 0.2) is 11.5 Å². The Morgan fingerprint density at radius 1 is 1.10 bits per heavy atom. The summed E-state index contributed by atoms with van der Waals surface area (Å²) in [6.07, 6.45) is 5.34. The number of nitrogens with one attached hydrogen (secondary N) is 1. The molecule has 1 unspecified atom stereocenters. The molecule has 0 saturated carbocycles. The first-order chi connectivity index (χ1) is 14.9. The van der Waals surface area contributed by atoms with Crippen LogP contribution in [-0.4, -0.2) is 69.1 Å². The maximum absolute atomic E-state index is 12.3. The number of anilines is 1. The molecule has 2 aromatic rings. The molecule has 170 valence electrons. The molecule has 9 nitrogen and oxygen atoms in total. The quantitative estimate of drug-likeness (QED) is 0.722. The Morgan fingerprint density at radius 2 is 1.81 bits per heavy atom. The molecule has 31 heavy (non-hydrogen) atoms. The second-order valence-electron chi connectivity index (χ2n) is 8.29. The number of ether oxygens (including phenoxy) is 2. The summed E-state index contributed by atoms with van der Waals surface area (Å²) >= 11 is 0. The lowest BCUT2D eigenvalue weighted by atomic mass is 9.93. The van der Waals surface area contributed by atoms with Crippen molar-refractivity contribution in [3.8, 4) is 11.5 Å². The molecular formula is C21H31N5O4S. The molecule has 0 amide bonds. The van der Waals surface area contributed by atoms with Gasteiger partial charge in [0.25, 0.3) is 10.2 Å². The SMILES string of the molecule is COc1cc2ncnc(N3CCC(CCN4C(C)CCNS4(=O)=O)CC3)c2cc1OC. The molecule has 2 saturated heterocycles. The average Bonchev–Trinajstić information content (AvgIpc) is 2.77. The third kappa shape index (κ3) is 4.56. The molecule has 2 aliphatic rings. The van der Waals surface area contributed by atoms with Gasteiger partial charge < -0.3 is 14.4 Å². The van der Waals surface area contributed by atoms with E-state index in [1.165, 1.54) is 0 Å². The van der Waals surface area contributed by atoms with Crippen molar-refractivity contribution < 1.29 is 17.9 Å². The number of hydrogen-bond donors (Lipinski definition) is 1. The lowest BCUT2D eigenvalue weighted by molar-refractivity contribution is 0.263. The van der Waals surface area contributed by atoms with Gasteiger partial charge in [-0.1, -0.05) is 0 Å². The topological polar surface area (TPSA) is 96.9 Å². The molecule has 2 fully saturated rings. The summed E-state index contributed by atoms with van der Waals surface area (Å²) in [5, 5.41) is 0.943. The summed E-state index contributed by atoms with van der Waals surface area (Å²) < 4.78 is 39.7. The number of aromatic nitrogens is 2. The Hall–Kier alpha value is -2.17. The Labute approximate surface area is 183 Å². The van der Waals surface area contributed by atoms with Crippen LogP contribution in [-0.2, 0) is 10.2 Å². The van der Waals surface area contributed by atoms with Gasteiger partial charge in [-0.05, 0) is 44.6 Å². The standard InChI is InChI=1S/C21H31N5O4S/c1-15-4-8-24-31(27,28)26(15)11-7-16-5-9-25(10-6-16)21-17-12-19(29-2)20(30-3)13-18(17)22-14-23-21/h12-16,24H,4-11H2,1-3H3.